The number of hydrogen-bond acceptors (Lipinski definition) is 4. The fourth-order valence-corrected chi connectivity index (χ4v) is 1.65. The molecule has 0 radical (unpaired) electrons. The Morgan fingerprint density at radius 3 is 2.56 bits per heavy atom. The van der Waals surface area contributed by atoms with E-state index in [1.54, 1.807) is 0 Å². The zero-order chi connectivity index (χ0) is 11.8. The molecule has 0 aliphatic rings. The van der Waals surface area contributed by atoms with Gasteiger partial charge in [0.2, 0.25) is 5.69 Å². The second kappa shape index (κ2) is 3.71. The molecule has 16 heavy (non-hydrogen) atoms. The quantitative estimate of drug-likeness (QED) is 0.571. The van der Waals surface area contributed by atoms with Crippen molar-refractivity contribution in [3.8, 4) is 10.6 Å². The SMILES string of the molecule is [O-][n+]1cc(C(F)(F)F)ccc1-c1cnns1. The number of aromatic nitrogens is 3. The van der Waals surface area contributed by atoms with Crippen LogP contribution in [-0.4, -0.2) is 9.59 Å². The van der Waals surface area contributed by atoms with Crippen molar-refractivity contribution < 1.29 is 17.9 Å². The Hall–Kier alpha value is -1.70. The molecule has 0 amide bonds. The van der Waals surface area contributed by atoms with E-state index in [0.29, 0.717) is 11.1 Å². The summed E-state index contributed by atoms with van der Waals surface area (Å²) in [5.41, 5.74) is -0.883. The second-order valence-electron chi connectivity index (χ2n) is 2.91. The first-order valence-electron chi connectivity index (χ1n) is 4.06. The molecule has 8 heteroatoms. The van der Waals surface area contributed by atoms with Gasteiger partial charge in [-0.3, -0.25) is 0 Å². The third-order valence-corrected chi connectivity index (χ3v) is 2.54. The third-order valence-electron chi connectivity index (χ3n) is 1.86. The van der Waals surface area contributed by atoms with Gasteiger partial charge in [0.1, 0.15) is 10.4 Å². The second-order valence-corrected chi connectivity index (χ2v) is 3.69. The predicted octanol–water partition coefficient (Wildman–Crippen LogP) is 1.86. The van der Waals surface area contributed by atoms with Crippen molar-refractivity contribution >= 4 is 11.5 Å². The summed E-state index contributed by atoms with van der Waals surface area (Å²) in [6.07, 6.45) is -2.70. The molecule has 0 aliphatic carbocycles. The molecule has 0 spiro atoms. The average Bonchev–Trinajstić information content (AvgIpc) is 2.69. The van der Waals surface area contributed by atoms with Crippen LogP contribution in [0.15, 0.2) is 24.5 Å². The van der Waals surface area contributed by atoms with E-state index in [-0.39, 0.29) is 10.4 Å². The summed E-state index contributed by atoms with van der Waals surface area (Å²) < 4.78 is 40.5. The topological polar surface area (TPSA) is 52.7 Å². The van der Waals surface area contributed by atoms with Crippen molar-refractivity contribution in [1.29, 1.82) is 0 Å². The molecule has 84 valence electrons. The standard InChI is InChI=1S/C8H4F3N3OS/c9-8(10,11)5-1-2-6(14(15)4-5)7-3-12-13-16-7/h1-4H. The van der Waals surface area contributed by atoms with Gasteiger partial charge in [0.15, 0.2) is 6.20 Å². The lowest BCUT2D eigenvalue weighted by molar-refractivity contribution is -0.594. The summed E-state index contributed by atoms with van der Waals surface area (Å²) in [4.78, 5) is 0.420. The minimum Gasteiger partial charge on any atom is -0.618 e. The minimum atomic E-state index is -4.52. The Balaban J connectivity index is 2.46. The van der Waals surface area contributed by atoms with Crippen LogP contribution in [0.3, 0.4) is 0 Å². The molecular formula is C8H4F3N3OS. The van der Waals surface area contributed by atoms with Crippen LogP contribution in [0.1, 0.15) is 5.56 Å². The van der Waals surface area contributed by atoms with Gasteiger partial charge in [0.05, 0.1) is 6.20 Å². The molecule has 2 heterocycles. The van der Waals surface area contributed by atoms with E-state index in [9.17, 15) is 18.4 Å². The zero-order valence-electron chi connectivity index (χ0n) is 7.60. The summed E-state index contributed by atoms with van der Waals surface area (Å²) in [7, 11) is 0. The molecule has 0 saturated heterocycles. The fraction of sp³-hybridized carbons (Fsp3) is 0.125. The van der Waals surface area contributed by atoms with Crippen LogP contribution in [0.25, 0.3) is 10.6 Å². The molecule has 0 N–H and O–H groups in total. The van der Waals surface area contributed by atoms with Crippen molar-refractivity contribution in [1.82, 2.24) is 9.59 Å². The molecule has 4 nitrogen and oxygen atoms in total. The van der Waals surface area contributed by atoms with Gasteiger partial charge in [-0.05, 0) is 17.6 Å². The number of pyridine rings is 1. The van der Waals surface area contributed by atoms with E-state index in [1.165, 1.54) is 6.20 Å². The van der Waals surface area contributed by atoms with Gasteiger partial charge in [-0.25, -0.2) is 0 Å². The number of rotatable bonds is 1. The van der Waals surface area contributed by atoms with E-state index < -0.39 is 11.7 Å². The number of nitrogens with zero attached hydrogens (tertiary/aromatic N) is 3. The van der Waals surface area contributed by atoms with Crippen molar-refractivity contribution in [2.45, 2.75) is 6.18 Å². The predicted molar refractivity (Wildman–Crippen MR) is 49.3 cm³/mol. The monoisotopic (exact) mass is 247 g/mol. The molecule has 2 aromatic heterocycles. The smallest absolute Gasteiger partial charge is 0.422 e. The number of alkyl halides is 3. The highest BCUT2D eigenvalue weighted by molar-refractivity contribution is 7.09. The molecule has 0 aromatic carbocycles. The Morgan fingerprint density at radius 1 is 1.31 bits per heavy atom. The van der Waals surface area contributed by atoms with E-state index >= 15 is 0 Å². The molecule has 2 aromatic rings. The first-order valence-corrected chi connectivity index (χ1v) is 4.84. The Morgan fingerprint density at radius 2 is 2.06 bits per heavy atom. The van der Waals surface area contributed by atoms with E-state index in [0.717, 1.165) is 23.7 Å². The molecule has 2 rings (SSSR count). The molecule has 0 atom stereocenters. The van der Waals surface area contributed by atoms with Crippen molar-refractivity contribution in [2.24, 2.45) is 0 Å². The summed E-state index contributed by atoms with van der Waals surface area (Å²) in [5, 5.41) is 14.9. The normalized spacial score (nSPS) is 11.7. The Bertz CT molecular complexity index is 498. The third kappa shape index (κ3) is 1.96. The highest BCUT2D eigenvalue weighted by atomic mass is 32.1. The van der Waals surface area contributed by atoms with E-state index in [1.807, 2.05) is 0 Å². The van der Waals surface area contributed by atoms with Crippen LogP contribution >= 0.6 is 11.5 Å². The summed E-state index contributed by atoms with van der Waals surface area (Å²) in [6, 6.07) is 1.95. The maximum Gasteiger partial charge on any atom is 0.422 e. The molecular weight excluding hydrogens is 243 g/mol. The number of hydrogen-bond donors (Lipinski definition) is 0. The summed E-state index contributed by atoms with van der Waals surface area (Å²) in [5.74, 6) is 0. The van der Waals surface area contributed by atoms with Crippen LogP contribution in [0.5, 0.6) is 0 Å². The zero-order valence-corrected chi connectivity index (χ0v) is 8.42. The van der Waals surface area contributed by atoms with Crippen LogP contribution in [0.2, 0.25) is 0 Å². The minimum absolute atomic E-state index is 0.100. The maximum absolute atomic E-state index is 12.3. The molecule has 0 unspecified atom stereocenters. The van der Waals surface area contributed by atoms with E-state index in [2.05, 4.69) is 9.59 Å². The van der Waals surface area contributed by atoms with Crippen LogP contribution in [0.4, 0.5) is 13.2 Å². The van der Waals surface area contributed by atoms with Gasteiger partial charge in [-0.15, -0.1) is 5.10 Å². The van der Waals surface area contributed by atoms with E-state index in [4.69, 9.17) is 0 Å². The largest absolute Gasteiger partial charge is 0.618 e. The lowest BCUT2D eigenvalue weighted by Crippen LogP contribution is -2.30. The Labute approximate surface area is 91.7 Å². The summed E-state index contributed by atoms with van der Waals surface area (Å²) >= 11 is 0.940. The van der Waals surface area contributed by atoms with Gasteiger partial charge < -0.3 is 5.21 Å². The van der Waals surface area contributed by atoms with Crippen LogP contribution in [-0.2, 0) is 6.18 Å². The van der Waals surface area contributed by atoms with Crippen molar-refractivity contribution in [3.05, 3.63) is 35.3 Å². The Kier molecular flexibility index (Phi) is 2.50. The molecule has 0 saturated carbocycles. The lowest BCUT2D eigenvalue weighted by Gasteiger charge is -2.07. The van der Waals surface area contributed by atoms with Gasteiger partial charge >= 0.3 is 6.18 Å². The number of halogens is 3. The first kappa shape index (κ1) is 10.8. The fourth-order valence-electron chi connectivity index (χ4n) is 1.12. The molecule has 0 aliphatic heterocycles. The maximum atomic E-state index is 12.3. The van der Waals surface area contributed by atoms with Crippen molar-refractivity contribution in [2.75, 3.05) is 0 Å². The first-order chi connectivity index (χ1) is 7.48. The highest BCUT2D eigenvalue weighted by Crippen LogP contribution is 2.29. The van der Waals surface area contributed by atoms with Crippen LogP contribution in [0, 0.1) is 5.21 Å². The summed E-state index contributed by atoms with van der Waals surface area (Å²) in [6.45, 7) is 0. The van der Waals surface area contributed by atoms with Gasteiger partial charge in [0, 0.05) is 6.07 Å². The van der Waals surface area contributed by atoms with Crippen LogP contribution < -0.4 is 4.73 Å². The van der Waals surface area contributed by atoms with Gasteiger partial charge in [-0.2, -0.15) is 17.9 Å². The molecule has 0 bridgehead atoms. The van der Waals surface area contributed by atoms with Gasteiger partial charge in [-0.1, -0.05) is 4.49 Å². The average molecular weight is 247 g/mol. The molecule has 0 fully saturated rings. The highest BCUT2D eigenvalue weighted by Gasteiger charge is 2.33. The lowest BCUT2D eigenvalue weighted by atomic mass is 10.2. The van der Waals surface area contributed by atoms with Gasteiger partial charge in [0.25, 0.3) is 0 Å². The van der Waals surface area contributed by atoms with Crippen molar-refractivity contribution in [3.63, 3.8) is 0 Å².